The van der Waals surface area contributed by atoms with E-state index >= 15 is 0 Å². The van der Waals surface area contributed by atoms with Gasteiger partial charge in [0.05, 0.1) is 12.2 Å². The van der Waals surface area contributed by atoms with Crippen molar-refractivity contribution in [2.24, 2.45) is 0 Å². The highest BCUT2D eigenvalue weighted by Gasteiger charge is 2.17. The lowest BCUT2D eigenvalue weighted by molar-refractivity contribution is 0.0526. The van der Waals surface area contributed by atoms with E-state index in [1.54, 1.807) is 12.1 Å². The van der Waals surface area contributed by atoms with E-state index in [4.69, 9.17) is 4.74 Å². The number of hydrogen-bond donors (Lipinski definition) is 1. The molecule has 1 heterocycles. The van der Waals surface area contributed by atoms with Crippen molar-refractivity contribution in [3.8, 4) is 0 Å². The summed E-state index contributed by atoms with van der Waals surface area (Å²) in [4.78, 5) is 11.5. The highest BCUT2D eigenvalue weighted by molar-refractivity contribution is 5.89. The second-order valence-electron chi connectivity index (χ2n) is 4.95. The second-order valence-corrected chi connectivity index (χ2v) is 4.95. The molecule has 0 spiro atoms. The van der Waals surface area contributed by atoms with Gasteiger partial charge in [-0.2, -0.15) is 0 Å². The Morgan fingerprint density at radius 2 is 2.11 bits per heavy atom. The van der Waals surface area contributed by atoms with Gasteiger partial charge in [-0.25, -0.2) is 9.80 Å². The van der Waals surface area contributed by atoms with E-state index in [2.05, 4.69) is 17.4 Å². The number of nitrogens with one attached hydrogen (secondary N) is 1. The number of piperidine rings is 1. The third-order valence-electron chi connectivity index (χ3n) is 3.47. The molecule has 1 aliphatic rings. The molecule has 1 N–H and O–H groups in total. The fourth-order valence-electron chi connectivity index (χ4n) is 2.33. The third-order valence-corrected chi connectivity index (χ3v) is 3.47. The molecule has 1 aromatic carbocycles. The van der Waals surface area contributed by atoms with E-state index in [0.717, 1.165) is 12.2 Å². The van der Waals surface area contributed by atoms with Gasteiger partial charge in [-0.3, -0.25) is 0 Å². The van der Waals surface area contributed by atoms with Crippen LogP contribution in [0.2, 0.25) is 0 Å². The van der Waals surface area contributed by atoms with Crippen LogP contribution in [0.5, 0.6) is 0 Å². The minimum Gasteiger partial charge on any atom is -0.462 e. The average Bonchev–Trinajstić information content (AvgIpc) is 2.42. The number of benzene rings is 1. The van der Waals surface area contributed by atoms with Crippen molar-refractivity contribution >= 4 is 11.7 Å². The van der Waals surface area contributed by atoms with Gasteiger partial charge in [0.15, 0.2) is 0 Å². The molecule has 19 heavy (non-hydrogen) atoms. The molecule has 1 aromatic rings. The second kappa shape index (κ2) is 6.57. The van der Waals surface area contributed by atoms with Gasteiger partial charge in [0.1, 0.15) is 0 Å². The van der Waals surface area contributed by atoms with Gasteiger partial charge in [-0.05, 0) is 51.0 Å². The Morgan fingerprint density at radius 1 is 1.37 bits per heavy atom. The van der Waals surface area contributed by atoms with Gasteiger partial charge in [0, 0.05) is 18.3 Å². The van der Waals surface area contributed by atoms with Crippen molar-refractivity contribution in [2.45, 2.75) is 39.2 Å². The van der Waals surface area contributed by atoms with E-state index in [1.807, 2.05) is 19.1 Å². The monoisotopic (exact) mass is 262 g/mol. The standard InChI is InChI=1S/C15H22N2O2/c1-3-19-15(18)13-7-9-14(10-8-13)16-17-11-5-4-6-12(17)2/h7-10,12,16H,3-6,11H2,1-2H3. The van der Waals surface area contributed by atoms with E-state index in [1.165, 1.54) is 19.3 Å². The first-order valence-electron chi connectivity index (χ1n) is 7.01. The lowest BCUT2D eigenvalue weighted by Gasteiger charge is -2.34. The summed E-state index contributed by atoms with van der Waals surface area (Å²) in [5.41, 5.74) is 5.02. The van der Waals surface area contributed by atoms with Gasteiger partial charge < -0.3 is 10.2 Å². The lowest BCUT2D eigenvalue weighted by Crippen LogP contribution is -2.41. The van der Waals surface area contributed by atoms with Gasteiger partial charge in [0.2, 0.25) is 0 Å². The van der Waals surface area contributed by atoms with Crippen molar-refractivity contribution in [1.29, 1.82) is 0 Å². The first-order chi connectivity index (χ1) is 9.20. The molecule has 0 radical (unpaired) electrons. The fourth-order valence-corrected chi connectivity index (χ4v) is 2.33. The number of hydrogen-bond acceptors (Lipinski definition) is 4. The summed E-state index contributed by atoms with van der Waals surface area (Å²) in [6.07, 6.45) is 3.77. The summed E-state index contributed by atoms with van der Waals surface area (Å²) < 4.78 is 4.97. The van der Waals surface area contributed by atoms with Gasteiger partial charge in [-0.15, -0.1) is 0 Å². The van der Waals surface area contributed by atoms with Crippen LogP contribution in [-0.2, 0) is 4.74 Å². The smallest absolute Gasteiger partial charge is 0.338 e. The summed E-state index contributed by atoms with van der Waals surface area (Å²) >= 11 is 0. The van der Waals surface area contributed by atoms with Gasteiger partial charge >= 0.3 is 5.97 Å². The Bertz CT molecular complexity index is 417. The van der Waals surface area contributed by atoms with Crippen LogP contribution in [0.3, 0.4) is 0 Å². The number of rotatable bonds is 4. The molecule has 0 saturated carbocycles. The maximum atomic E-state index is 11.5. The van der Waals surface area contributed by atoms with Gasteiger partial charge in [-0.1, -0.05) is 6.42 Å². The maximum Gasteiger partial charge on any atom is 0.338 e. The predicted octanol–water partition coefficient (Wildman–Crippen LogP) is 3.06. The molecule has 0 aliphatic carbocycles. The van der Waals surface area contributed by atoms with Crippen LogP contribution in [0, 0.1) is 0 Å². The lowest BCUT2D eigenvalue weighted by atomic mass is 10.1. The molecule has 0 amide bonds. The van der Waals surface area contributed by atoms with Crippen LogP contribution in [0.4, 0.5) is 5.69 Å². The van der Waals surface area contributed by atoms with Crippen molar-refractivity contribution in [3.63, 3.8) is 0 Å². The van der Waals surface area contributed by atoms with Crippen LogP contribution in [-0.4, -0.2) is 30.2 Å². The van der Waals surface area contributed by atoms with E-state index < -0.39 is 0 Å². The van der Waals surface area contributed by atoms with Crippen molar-refractivity contribution in [2.75, 3.05) is 18.6 Å². The maximum absolute atomic E-state index is 11.5. The van der Waals surface area contributed by atoms with E-state index in [0.29, 0.717) is 18.2 Å². The van der Waals surface area contributed by atoms with Crippen molar-refractivity contribution in [1.82, 2.24) is 5.01 Å². The molecule has 1 aliphatic heterocycles. The fraction of sp³-hybridized carbons (Fsp3) is 0.533. The molecule has 0 bridgehead atoms. The molecular weight excluding hydrogens is 240 g/mol. The number of anilines is 1. The molecule has 104 valence electrons. The predicted molar refractivity (Wildman–Crippen MR) is 76.0 cm³/mol. The highest BCUT2D eigenvalue weighted by Crippen LogP contribution is 2.18. The Kier molecular flexibility index (Phi) is 4.80. The highest BCUT2D eigenvalue weighted by atomic mass is 16.5. The average molecular weight is 262 g/mol. The SMILES string of the molecule is CCOC(=O)c1ccc(NN2CCCCC2C)cc1. The molecule has 2 rings (SSSR count). The molecule has 1 atom stereocenters. The number of carbonyl (C=O) groups is 1. The molecule has 4 heteroatoms. The summed E-state index contributed by atoms with van der Waals surface area (Å²) in [6.45, 7) is 5.52. The zero-order valence-electron chi connectivity index (χ0n) is 11.7. The quantitative estimate of drug-likeness (QED) is 0.847. The van der Waals surface area contributed by atoms with E-state index in [-0.39, 0.29) is 5.97 Å². The Balaban J connectivity index is 1.96. The van der Waals surface area contributed by atoms with Crippen LogP contribution in [0.25, 0.3) is 0 Å². The van der Waals surface area contributed by atoms with E-state index in [9.17, 15) is 4.79 Å². The third kappa shape index (κ3) is 3.70. The zero-order chi connectivity index (χ0) is 13.7. The Morgan fingerprint density at radius 3 is 2.74 bits per heavy atom. The van der Waals surface area contributed by atoms with Crippen LogP contribution < -0.4 is 5.43 Å². The first kappa shape index (κ1) is 13.9. The minimum atomic E-state index is -0.264. The summed E-state index contributed by atoms with van der Waals surface area (Å²) in [5.74, 6) is -0.264. The molecule has 1 fully saturated rings. The Hall–Kier alpha value is -1.55. The number of hydrazine groups is 1. The minimum absolute atomic E-state index is 0.264. The number of nitrogens with zero attached hydrogens (tertiary/aromatic N) is 1. The Labute approximate surface area is 114 Å². The number of ether oxygens (including phenoxy) is 1. The molecular formula is C15H22N2O2. The van der Waals surface area contributed by atoms with Gasteiger partial charge in [0.25, 0.3) is 0 Å². The molecule has 1 unspecified atom stereocenters. The number of esters is 1. The summed E-state index contributed by atoms with van der Waals surface area (Å²) in [7, 11) is 0. The largest absolute Gasteiger partial charge is 0.462 e. The summed E-state index contributed by atoms with van der Waals surface area (Å²) in [6, 6.07) is 8.00. The van der Waals surface area contributed by atoms with Crippen molar-refractivity contribution in [3.05, 3.63) is 29.8 Å². The summed E-state index contributed by atoms with van der Waals surface area (Å²) in [5, 5.41) is 2.27. The topological polar surface area (TPSA) is 41.6 Å². The van der Waals surface area contributed by atoms with Crippen LogP contribution in [0.1, 0.15) is 43.5 Å². The molecule has 1 saturated heterocycles. The molecule has 4 nitrogen and oxygen atoms in total. The van der Waals surface area contributed by atoms with Crippen molar-refractivity contribution < 1.29 is 9.53 Å². The van der Waals surface area contributed by atoms with Crippen LogP contribution >= 0.6 is 0 Å². The molecule has 0 aromatic heterocycles. The first-order valence-corrected chi connectivity index (χ1v) is 7.01. The zero-order valence-corrected chi connectivity index (χ0v) is 11.7. The number of carbonyl (C=O) groups excluding carboxylic acids is 1. The normalized spacial score (nSPS) is 20.0. The van der Waals surface area contributed by atoms with Crippen LogP contribution in [0.15, 0.2) is 24.3 Å².